The Morgan fingerprint density at radius 1 is 1.26 bits per heavy atom. The third-order valence-corrected chi connectivity index (χ3v) is 4.51. The topological polar surface area (TPSA) is 45.7 Å². The highest BCUT2D eigenvalue weighted by atomic mass is 127. The van der Waals surface area contributed by atoms with E-state index >= 15 is 0 Å². The molecule has 0 amide bonds. The summed E-state index contributed by atoms with van der Waals surface area (Å²) in [6.07, 6.45) is 4.92. The lowest BCUT2D eigenvalue weighted by molar-refractivity contribution is 0.123. The summed E-state index contributed by atoms with van der Waals surface area (Å²) in [4.78, 5) is 4.28. The van der Waals surface area contributed by atoms with Crippen LogP contribution in [0.15, 0.2) is 29.3 Å². The lowest BCUT2D eigenvalue weighted by Gasteiger charge is -2.30. The first-order valence-corrected chi connectivity index (χ1v) is 8.47. The molecule has 1 aromatic carbocycles. The Morgan fingerprint density at radius 2 is 2.09 bits per heavy atom. The third kappa shape index (κ3) is 5.64. The van der Waals surface area contributed by atoms with Crippen LogP contribution in [0.1, 0.15) is 36.3 Å². The minimum atomic E-state index is 0. The lowest BCUT2D eigenvalue weighted by atomic mass is 9.78. The van der Waals surface area contributed by atoms with E-state index in [0.717, 1.165) is 44.6 Å². The molecule has 0 aromatic heterocycles. The summed E-state index contributed by atoms with van der Waals surface area (Å²) in [6.45, 7) is 3.66. The molecule has 0 bridgehead atoms. The molecular weight excluding hydrogens is 401 g/mol. The second-order valence-corrected chi connectivity index (χ2v) is 6.35. The average Bonchev–Trinajstić information content (AvgIpc) is 3.33. The van der Waals surface area contributed by atoms with Crippen LogP contribution >= 0.6 is 24.0 Å². The first kappa shape index (κ1) is 18.5. The van der Waals surface area contributed by atoms with Gasteiger partial charge in [-0.25, -0.2) is 0 Å². The molecule has 0 heterocycles. The van der Waals surface area contributed by atoms with Gasteiger partial charge in [-0.3, -0.25) is 4.99 Å². The van der Waals surface area contributed by atoms with Crippen molar-refractivity contribution >= 4 is 29.9 Å². The highest BCUT2D eigenvalue weighted by Gasteiger charge is 2.25. The summed E-state index contributed by atoms with van der Waals surface area (Å²) in [5.74, 6) is 2.37. The molecule has 1 fully saturated rings. The van der Waals surface area contributed by atoms with E-state index < -0.39 is 0 Å². The van der Waals surface area contributed by atoms with Crippen LogP contribution in [0.3, 0.4) is 0 Å². The van der Waals surface area contributed by atoms with Crippen molar-refractivity contribution in [2.24, 2.45) is 10.9 Å². The maximum Gasteiger partial charge on any atom is 0.190 e. The maximum absolute atomic E-state index is 5.64. The Labute approximate surface area is 156 Å². The molecular formula is C18H28IN3O. The summed E-state index contributed by atoms with van der Waals surface area (Å²) in [5.41, 5.74) is 2.98. The monoisotopic (exact) mass is 429 g/mol. The number of nitrogens with one attached hydrogen (secondary N) is 2. The summed E-state index contributed by atoms with van der Waals surface area (Å²) < 4.78 is 5.64. The molecule has 4 nitrogen and oxygen atoms in total. The number of fused-ring (bicyclic) bond motifs is 1. The Kier molecular flexibility index (Phi) is 7.62. The van der Waals surface area contributed by atoms with Crippen molar-refractivity contribution in [2.45, 2.75) is 31.6 Å². The van der Waals surface area contributed by atoms with Gasteiger partial charge in [-0.2, -0.15) is 0 Å². The van der Waals surface area contributed by atoms with E-state index in [4.69, 9.17) is 4.74 Å². The number of ether oxygens (including phenoxy) is 1. The molecule has 2 aliphatic carbocycles. The van der Waals surface area contributed by atoms with Crippen molar-refractivity contribution in [1.29, 1.82) is 0 Å². The predicted molar refractivity (Wildman–Crippen MR) is 106 cm³/mol. The van der Waals surface area contributed by atoms with E-state index in [2.05, 4.69) is 39.9 Å². The fraction of sp³-hybridized carbons (Fsp3) is 0.611. The quantitative estimate of drug-likeness (QED) is 0.289. The Bertz CT molecular complexity index is 517. The van der Waals surface area contributed by atoms with E-state index in [0.29, 0.717) is 5.92 Å². The standard InChI is InChI=1S/C18H27N3O.HI/c1-19-18(20-9-4-10-22-13-14-7-8-14)21-12-16-11-15-5-2-3-6-17(15)16;/h2-3,5-6,14,16H,4,7-13H2,1H3,(H2,19,20,21);1H. The molecule has 0 spiro atoms. The zero-order valence-electron chi connectivity index (χ0n) is 13.9. The number of benzene rings is 1. The van der Waals surface area contributed by atoms with Crippen molar-refractivity contribution in [3.63, 3.8) is 0 Å². The van der Waals surface area contributed by atoms with Gasteiger partial charge in [-0.15, -0.1) is 24.0 Å². The molecule has 1 atom stereocenters. The van der Waals surface area contributed by atoms with E-state index in [9.17, 15) is 0 Å². The van der Waals surface area contributed by atoms with Crippen LogP contribution in [0.2, 0.25) is 0 Å². The number of hydrogen-bond donors (Lipinski definition) is 2. The van der Waals surface area contributed by atoms with Crippen LogP contribution in [-0.2, 0) is 11.2 Å². The molecule has 23 heavy (non-hydrogen) atoms. The second-order valence-electron chi connectivity index (χ2n) is 6.35. The molecule has 1 aromatic rings. The van der Waals surface area contributed by atoms with Crippen molar-refractivity contribution < 1.29 is 4.74 Å². The van der Waals surface area contributed by atoms with Crippen LogP contribution in [0.25, 0.3) is 0 Å². The minimum Gasteiger partial charge on any atom is -0.381 e. The van der Waals surface area contributed by atoms with Gasteiger partial charge in [0.25, 0.3) is 0 Å². The molecule has 128 valence electrons. The van der Waals surface area contributed by atoms with Gasteiger partial charge in [0, 0.05) is 39.3 Å². The second kappa shape index (κ2) is 9.47. The van der Waals surface area contributed by atoms with Gasteiger partial charge in [0.05, 0.1) is 0 Å². The summed E-state index contributed by atoms with van der Waals surface area (Å²) in [6, 6.07) is 8.70. The molecule has 2 N–H and O–H groups in total. The third-order valence-electron chi connectivity index (χ3n) is 4.51. The number of halogens is 1. The minimum absolute atomic E-state index is 0. The molecule has 1 saturated carbocycles. The Hall–Kier alpha value is -0.820. The van der Waals surface area contributed by atoms with E-state index in [-0.39, 0.29) is 24.0 Å². The molecule has 0 aliphatic heterocycles. The van der Waals surface area contributed by atoms with Gasteiger partial charge in [-0.1, -0.05) is 24.3 Å². The fourth-order valence-electron chi connectivity index (χ4n) is 2.90. The van der Waals surface area contributed by atoms with Gasteiger partial charge in [-0.05, 0) is 42.7 Å². The van der Waals surface area contributed by atoms with Gasteiger partial charge in [0.1, 0.15) is 0 Å². The van der Waals surface area contributed by atoms with Gasteiger partial charge in [0.2, 0.25) is 0 Å². The zero-order valence-corrected chi connectivity index (χ0v) is 16.2. The number of rotatable bonds is 8. The molecule has 0 saturated heterocycles. The fourth-order valence-corrected chi connectivity index (χ4v) is 2.90. The highest BCUT2D eigenvalue weighted by Crippen LogP contribution is 2.33. The average molecular weight is 429 g/mol. The van der Waals surface area contributed by atoms with Gasteiger partial charge in [0.15, 0.2) is 5.96 Å². The Morgan fingerprint density at radius 3 is 2.83 bits per heavy atom. The van der Waals surface area contributed by atoms with Gasteiger partial charge >= 0.3 is 0 Å². The molecule has 2 aliphatic rings. The van der Waals surface area contributed by atoms with Crippen LogP contribution in [0.5, 0.6) is 0 Å². The maximum atomic E-state index is 5.64. The predicted octanol–water partition coefficient (Wildman–Crippen LogP) is 2.93. The highest BCUT2D eigenvalue weighted by molar-refractivity contribution is 14.0. The molecule has 0 radical (unpaired) electrons. The first-order chi connectivity index (χ1) is 10.9. The zero-order chi connectivity index (χ0) is 15.2. The summed E-state index contributed by atoms with van der Waals surface area (Å²) >= 11 is 0. The SMILES string of the molecule is CN=C(NCCCOCC1CC1)NCC1Cc2ccccc21.I. The van der Waals surface area contributed by atoms with Gasteiger partial charge < -0.3 is 15.4 Å². The van der Waals surface area contributed by atoms with E-state index in [1.54, 1.807) is 0 Å². The number of guanidine groups is 1. The Balaban J connectivity index is 0.00000192. The largest absolute Gasteiger partial charge is 0.381 e. The van der Waals surface area contributed by atoms with Crippen LogP contribution in [0.4, 0.5) is 0 Å². The van der Waals surface area contributed by atoms with Crippen LogP contribution < -0.4 is 10.6 Å². The molecule has 5 heteroatoms. The van der Waals surface area contributed by atoms with Crippen molar-refractivity contribution in [3.05, 3.63) is 35.4 Å². The molecule has 3 rings (SSSR count). The van der Waals surface area contributed by atoms with Crippen molar-refractivity contribution in [2.75, 3.05) is 33.4 Å². The van der Waals surface area contributed by atoms with E-state index in [1.807, 2.05) is 7.05 Å². The number of nitrogens with zero attached hydrogens (tertiary/aromatic N) is 1. The smallest absolute Gasteiger partial charge is 0.190 e. The number of aliphatic imine (C=N–C) groups is 1. The summed E-state index contributed by atoms with van der Waals surface area (Å²) in [7, 11) is 1.83. The van der Waals surface area contributed by atoms with Crippen molar-refractivity contribution in [3.8, 4) is 0 Å². The molecule has 1 unspecified atom stereocenters. The lowest BCUT2D eigenvalue weighted by Crippen LogP contribution is -2.41. The number of hydrogen-bond acceptors (Lipinski definition) is 2. The normalized spacial score (nSPS) is 19.3. The summed E-state index contributed by atoms with van der Waals surface area (Å²) in [5, 5.41) is 6.79. The first-order valence-electron chi connectivity index (χ1n) is 8.47. The van der Waals surface area contributed by atoms with Crippen molar-refractivity contribution in [1.82, 2.24) is 10.6 Å². The van der Waals surface area contributed by atoms with E-state index in [1.165, 1.54) is 30.4 Å². The van der Waals surface area contributed by atoms with Crippen LogP contribution in [0, 0.1) is 5.92 Å². The van der Waals surface area contributed by atoms with Crippen LogP contribution in [-0.4, -0.2) is 39.3 Å².